The summed E-state index contributed by atoms with van der Waals surface area (Å²) in [7, 11) is 1.57. The number of nitrogens with two attached hydrogens (primary N) is 1. The number of alkyl halides is 3. The van der Waals surface area contributed by atoms with Crippen LogP contribution in [-0.2, 0) is 12.6 Å². The first-order valence-corrected chi connectivity index (χ1v) is 7.07. The Bertz CT molecular complexity index is 581. The topological polar surface area (TPSA) is 47.3 Å². The molecule has 1 heterocycles. The van der Waals surface area contributed by atoms with Crippen molar-refractivity contribution in [2.75, 3.05) is 7.11 Å². The van der Waals surface area contributed by atoms with Gasteiger partial charge >= 0.3 is 6.18 Å². The number of hydrogen-bond acceptors (Lipinski definition) is 4. The molecule has 2 rings (SSSR count). The summed E-state index contributed by atoms with van der Waals surface area (Å²) in [6, 6.07) is 6.71. The maximum Gasteiger partial charge on any atom is 0.416 e. The van der Waals surface area contributed by atoms with Gasteiger partial charge in [-0.15, -0.1) is 11.3 Å². The van der Waals surface area contributed by atoms with Gasteiger partial charge in [-0.25, -0.2) is 0 Å². The van der Waals surface area contributed by atoms with Crippen molar-refractivity contribution in [3.8, 4) is 5.75 Å². The lowest BCUT2D eigenvalue weighted by Gasteiger charge is -2.16. The van der Waals surface area contributed by atoms with Gasteiger partial charge < -0.3 is 4.74 Å². The Balaban J connectivity index is 2.16. The third-order valence-electron chi connectivity index (χ3n) is 3.12. The van der Waals surface area contributed by atoms with E-state index in [1.807, 2.05) is 11.4 Å². The number of halogens is 3. The molecule has 0 saturated carbocycles. The highest BCUT2D eigenvalue weighted by Gasteiger charge is 2.30. The van der Waals surface area contributed by atoms with E-state index in [1.54, 1.807) is 7.11 Å². The minimum Gasteiger partial charge on any atom is -0.496 e. The van der Waals surface area contributed by atoms with Crippen molar-refractivity contribution in [3.63, 3.8) is 0 Å². The average molecular weight is 316 g/mol. The van der Waals surface area contributed by atoms with E-state index in [9.17, 15) is 13.2 Å². The summed E-state index contributed by atoms with van der Waals surface area (Å²) in [4.78, 5) is 0.917. The van der Waals surface area contributed by atoms with E-state index in [1.165, 1.54) is 23.5 Å². The second kappa shape index (κ2) is 6.46. The van der Waals surface area contributed by atoms with Crippen molar-refractivity contribution in [2.24, 2.45) is 5.84 Å². The van der Waals surface area contributed by atoms with Gasteiger partial charge in [-0.2, -0.15) is 13.2 Å². The first-order valence-electron chi connectivity index (χ1n) is 6.19. The molecule has 0 aliphatic carbocycles. The van der Waals surface area contributed by atoms with E-state index >= 15 is 0 Å². The van der Waals surface area contributed by atoms with Crippen LogP contribution in [0.1, 0.15) is 22.0 Å². The fourth-order valence-electron chi connectivity index (χ4n) is 2.02. The van der Waals surface area contributed by atoms with Crippen molar-refractivity contribution in [3.05, 3.63) is 51.7 Å². The van der Waals surface area contributed by atoms with Crippen LogP contribution in [0.15, 0.2) is 35.7 Å². The van der Waals surface area contributed by atoms with Gasteiger partial charge in [-0.05, 0) is 35.6 Å². The van der Waals surface area contributed by atoms with Gasteiger partial charge in [-0.1, -0.05) is 12.1 Å². The smallest absolute Gasteiger partial charge is 0.416 e. The molecule has 0 aliphatic rings. The molecule has 0 bridgehead atoms. The molecule has 3 nitrogen and oxygen atoms in total. The number of ether oxygens (including phenoxy) is 1. The highest BCUT2D eigenvalue weighted by Crippen LogP contribution is 2.33. The van der Waals surface area contributed by atoms with E-state index in [0.717, 1.165) is 28.3 Å². The molecule has 1 aromatic heterocycles. The van der Waals surface area contributed by atoms with E-state index in [0.29, 0.717) is 6.42 Å². The van der Waals surface area contributed by atoms with Crippen molar-refractivity contribution in [1.29, 1.82) is 0 Å². The largest absolute Gasteiger partial charge is 0.496 e. The van der Waals surface area contributed by atoms with Crippen LogP contribution in [0.3, 0.4) is 0 Å². The highest BCUT2D eigenvalue weighted by atomic mass is 32.1. The molecule has 114 valence electrons. The Labute approximate surface area is 124 Å². The van der Waals surface area contributed by atoms with Gasteiger partial charge in [0.1, 0.15) is 5.75 Å². The van der Waals surface area contributed by atoms with Gasteiger partial charge in [-0.3, -0.25) is 11.3 Å². The molecule has 0 spiro atoms. The van der Waals surface area contributed by atoms with E-state index in [-0.39, 0.29) is 6.04 Å². The maximum atomic E-state index is 12.5. The molecule has 7 heteroatoms. The fraction of sp³-hybridized carbons (Fsp3) is 0.286. The maximum absolute atomic E-state index is 12.5. The highest BCUT2D eigenvalue weighted by molar-refractivity contribution is 7.10. The second-order valence-corrected chi connectivity index (χ2v) is 5.42. The van der Waals surface area contributed by atoms with Gasteiger partial charge in [0.25, 0.3) is 0 Å². The minimum absolute atomic E-state index is 0.211. The molecule has 1 atom stereocenters. The van der Waals surface area contributed by atoms with Crippen LogP contribution >= 0.6 is 11.3 Å². The van der Waals surface area contributed by atoms with E-state index in [4.69, 9.17) is 10.6 Å². The van der Waals surface area contributed by atoms with Crippen molar-refractivity contribution >= 4 is 11.3 Å². The molecule has 0 saturated heterocycles. The van der Waals surface area contributed by atoms with Gasteiger partial charge in [0.05, 0.1) is 23.6 Å². The van der Waals surface area contributed by atoms with Gasteiger partial charge in [0.15, 0.2) is 0 Å². The standard InChI is InChI=1S/C14H15F3N2OS/c1-20-12-6-7-21-13(12)11(19-18)8-9-2-4-10(5-3-9)14(15,16)17/h2-7,11,19H,8,18H2,1H3. The Morgan fingerprint density at radius 2 is 1.90 bits per heavy atom. The molecule has 1 unspecified atom stereocenters. The summed E-state index contributed by atoms with van der Waals surface area (Å²) in [5.74, 6) is 6.27. The number of thiophene rings is 1. The number of rotatable bonds is 5. The molecule has 0 aliphatic heterocycles. The quantitative estimate of drug-likeness (QED) is 0.655. The minimum atomic E-state index is -4.32. The van der Waals surface area contributed by atoms with E-state index in [2.05, 4.69) is 5.43 Å². The molecule has 21 heavy (non-hydrogen) atoms. The second-order valence-electron chi connectivity index (χ2n) is 4.47. The third-order valence-corrected chi connectivity index (χ3v) is 4.13. The molecular formula is C14H15F3N2OS. The molecule has 2 aromatic rings. The van der Waals surface area contributed by atoms with Crippen LogP contribution in [0.2, 0.25) is 0 Å². The summed E-state index contributed by atoms with van der Waals surface area (Å²) >= 11 is 1.49. The van der Waals surface area contributed by atoms with Crippen molar-refractivity contribution in [2.45, 2.75) is 18.6 Å². The third kappa shape index (κ3) is 3.75. The van der Waals surface area contributed by atoms with Crippen molar-refractivity contribution in [1.82, 2.24) is 5.43 Å². The number of hydrogen-bond donors (Lipinski definition) is 2. The van der Waals surface area contributed by atoms with Crippen LogP contribution in [-0.4, -0.2) is 7.11 Å². The van der Waals surface area contributed by atoms with Crippen LogP contribution in [0, 0.1) is 0 Å². The summed E-state index contributed by atoms with van der Waals surface area (Å²) < 4.78 is 42.8. The Morgan fingerprint density at radius 3 is 2.43 bits per heavy atom. The van der Waals surface area contributed by atoms with Gasteiger partial charge in [0, 0.05) is 0 Å². The lowest BCUT2D eigenvalue weighted by Crippen LogP contribution is -2.29. The van der Waals surface area contributed by atoms with Crippen LogP contribution in [0.4, 0.5) is 13.2 Å². The zero-order valence-corrected chi connectivity index (χ0v) is 12.1. The van der Waals surface area contributed by atoms with Gasteiger partial charge in [0.2, 0.25) is 0 Å². The van der Waals surface area contributed by atoms with Crippen LogP contribution in [0.25, 0.3) is 0 Å². The van der Waals surface area contributed by atoms with Crippen molar-refractivity contribution < 1.29 is 17.9 Å². The molecule has 3 N–H and O–H groups in total. The first kappa shape index (κ1) is 15.8. The predicted molar refractivity (Wildman–Crippen MR) is 76.1 cm³/mol. The number of methoxy groups -OCH3 is 1. The summed E-state index contributed by atoms with van der Waals surface area (Å²) in [5.41, 5.74) is 2.79. The summed E-state index contributed by atoms with van der Waals surface area (Å²) in [6.07, 6.45) is -3.84. The van der Waals surface area contributed by atoms with Crippen LogP contribution < -0.4 is 16.0 Å². The molecule has 0 amide bonds. The Morgan fingerprint density at radius 1 is 1.24 bits per heavy atom. The summed E-state index contributed by atoms with van der Waals surface area (Å²) in [6.45, 7) is 0. The SMILES string of the molecule is COc1ccsc1C(Cc1ccc(C(F)(F)F)cc1)NN. The zero-order chi connectivity index (χ0) is 15.5. The predicted octanol–water partition coefficient (Wildman–Crippen LogP) is 3.52. The lowest BCUT2D eigenvalue weighted by molar-refractivity contribution is -0.137. The fourth-order valence-corrected chi connectivity index (χ4v) is 2.95. The Kier molecular flexibility index (Phi) is 4.87. The number of hydrazine groups is 1. The number of benzene rings is 1. The normalized spacial score (nSPS) is 13.2. The average Bonchev–Trinajstić information content (AvgIpc) is 2.92. The lowest BCUT2D eigenvalue weighted by atomic mass is 10.0. The first-order chi connectivity index (χ1) is 9.95. The molecular weight excluding hydrogens is 301 g/mol. The van der Waals surface area contributed by atoms with E-state index < -0.39 is 11.7 Å². The summed E-state index contributed by atoms with van der Waals surface area (Å²) in [5, 5.41) is 1.88. The molecule has 0 fully saturated rings. The Hall–Kier alpha value is -1.57. The monoisotopic (exact) mass is 316 g/mol. The number of nitrogens with one attached hydrogen (secondary N) is 1. The molecule has 1 aromatic carbocycles. The van der Waals surface area contributed by atoms with Crippen LogP contribution in [0.5, 0.6) is 5.75 Å². The zero-order valence-electron chi connectivity index (χ0n) is 11.3. The molecule has 0 radical (unpaired) electrons.